The third-order valence-electron chi connectivity index (χ3n) is 5.87. The Hall–Kier alpha value is -0.570. The number of carbonyl (C=O) groups is 1. The van der Waals surface area contributed by atoms with E-state index in [-0.39, 0.29) is 11.7 Å². The van der Waals surface area contributed by atoms with Crippen LogP contribution in [0.1, 0.15) is 73.1 Å². The Morgan fingerprint density at radius 3 is 2.24 bits per heavy atom. The predicted octanol–water partition coefficient (Wildman–Crippen LogP) is 3.79. The first-order valence-electron chi connectivity index (χ1n) is 9.00. The van der Waals surface area contributed by atoms with E-state index in [1.807, 2.05) is 0 Å². The molecule has 1 N–H and O–H groups in total. The van der Waals surface area contributed by atoms with Gasteiger partial charge in [-0.05, 0) is 43.9 Å². The maximum atomic E-state index is 12.8. The first-order valence-corrected chi connectivity index (χ1v) is 9.00. The Balaban J connectivity index is 2.01. The molecule has 3 nitrogen and oxygen atoms in total. The van der Waals surface area contributed by atoms with Crippen LogP contribution in [-0.2, 0) is 4.79 Å². The lowest BCUT2D eigenvalue weighted by Crippen LogP contribution is -2.45. The lowest BCUT2D eigenvalue weighted by molar-refractivity contribution is -0.134. The summed E-state index contributed by atoms with van der Waals surface area (Å²) in [5, 5.41) is 3.60. The average molecular weight is 294 g/mol. The van der Waals surface area contributed by atoms with Gasteiger partial charge >= 0.3 is 0 Å². The number of carbonyl (C=O) groups excluding carboxylic acids is 1. The van der Waals surface area contributed by atoms with Crippen molar-refractivity contribution >= 4 is 5.91 Å². The number of hydrogen-bond donors (Lipinski definition) is 1. The summed E-state index contributed by atoms with van der Waals surface area (Å²) in [6.45, 7) is 11.9. The smallest absolute Gasteiger partial charge is 0.243 e. The summed E-state index contributed by atoms with van der Waals surface area (Å²) < 4.78 is 0. The van der Waals surface area contributed by atoms with Gasteiger partial charge in [0.1, 0.15) is 0 Å². The lowest BCUT2D eigenvalue weighted by atomic mass is 9.80. The van der Waals surface area contributed by atoms with E-state index in [1.165, 1.54) is 32.1 Å². The minimum absolute atomic E-state index is 0.214. The molecular formula is C18H34N2O. The van der Waals surface area contributed by atoms with E-state index >= 15 is 0 Å². The van der Waals surface area contributed by atoms with Crippen LogP contribution in [0.15, 0.2) is 0 Å². The molecule has 2 atom stereocenters. The van der Waals surface area contributed by atoms with E-state index in [0.29, 0.717) is 17.7 Å². The maximum absolute atomic E-state index is 12.8. The normalized spacial score (nSPS) is 37.5. The Morgan fingerprint density at radius 2 is 1.76 bits per heavy atom. The molecular weight excluding hydrogens is 260 g/mol. The molecule has 1 aliphatic carbocycles. The van der Waals surface area contributed by atoms with Crippen molar-refractivity contribution in [2.24, 2.45) is 17.8 Å². The molecule has 3 heteroatoms. The van der Waals surface area contributed by atoms with Gasteiger partial charge in [0.2, 0.25) is 5.91 Å². The number of amides is 1. The van der Waals surface area contributed by atoms with Gasteiger partial charge in [-0.2, -0.15) is 0 Å². The number of rotatable bonds is 5. The van der Waals surface area contributed by atoms with Crippen LogP contribution in [-0.4, -0.2) is 29.1 Å². The first-order chi connectivity index (χ1) is 9.91. The fourth-order valence-corrected chi connectivity index (χ4v) is 3.99. The standard InChI is InChI=1S/C18H34N2O/c1-6-14-8-10-15(11-9-14)12-20-16(13(3)4)19-18(5,7-2)17(20)21/h13-16,19H,6-12H2,1-5H3. The van der Waals surface area contributed by atoms with Gasteiger partial charge in [-0.15, -0.1) is 0 Å². The van der Waals surface area contributed by atoms with Crippen LogP contribution in [0.2, 0.25) is 0 Å². The van der Waals surface area contributed by atoms with Crippen molar-refractivity contribution in [2.45, 2.75) is 84.8 Å². The SMILES string of the molecule is CCC1CCC(CN2C(=O)C(C)(CC)NC2C(C)C)CC1. The van der Waals surface area contributed by atoms with E-state index in [2.05, 4.69) is 44.8 Å². The highest BCUT2D eigenvalue weighted by molar-refractivity contribution is 5.88. The van der Waals surface area contributed by atoms with Crippen molar-refractivity contribution in [1.82, 2.24) is 10.2 Å². The summed E-state index contributed by atoms with van der Waals surface area (Å²) in [6, 6.07) is 0. The number of nitrogens with one attached hydrogen (secondary N) is 1. The largest absolute Gasteiger partial charge is 0.325 e. The van der Waals surface area contributed by atoms with Crippen LogP contribution >= 0.6 is 0 Å². The van der Waals surface area contributed by atoms with Gasteiger partial charge in [0.05, 0.1) is 11.7 Å². The van der Waals surface area contributed by atoms with E-state index in [0.717, 1.165) is 18.9 Å². The van der Waals surface area contributed by atoms with Gasteiger partial charge < -0.3 is 4.90 Å². The summed E-state index contributed by atoms with van der Waals surface area (Å²) in [7, 11) is 0. The summed E-state index contributed by atoms with van der Waals surface area (Å²) >= 11 is 0. The predicted molar refractivity (Wildman–Crippen MR) is 87.9 cm³/mol. The van der Waals surface area contributed by atoms with Gasteiger partial charge in [-0.3, -0.25) is 10.1 Å². The quantitative estimate of drug-likeness (QED) is 0.837. The fraction of sp³-hybridized carbons (Fsp3) is 0.944. The van der Waals surface area contributed by atoms with Crippen molar-refractivity contribution in [3.05, 3.63) is 0 Å². The molecule has 0 spiro atoms. The second kappa shape index (κ2) is 6.68. The molecule has 1 amide bonds. The zero-order valence-corrected chi connectivity index (χ0v) is 14.6. The molecule has 122 valence electrons. The molecule has 2 unspecified atom stereocenters. The van der Waals surface area contributed by atoms with Gasteiger partial charge in [0, 0.05) is 6.54 Å². The van der Waals surface area contributed by atoms with Crippen molar-refractivity contribution in [2.75, 3.05) is 6.54 Å². The highest BCUT2D eigenvalue weighted by atomic mass is 16.2. The molecule has 0 aromatic carbocycles. The second-order valence-electron chi connectivity index (χ2n) is 7.77. The first kappa shape index (κ1) is 16.8. The van der Waals surface area contributed by atoms with Gasteiger partial charge in [-0.1, -0.05) is 47.0 Å². The lowest BCUT2D eigenvalue weighted by Gasteiger charge is -2.34. The van der Waals surface area contributed by atoms with Crippen molar-refractivity contribution in [3.8, 4) is 0 Å². The Morgan fingerprint density at radius 1 is 1.19 bits per heavy atom. The van der Waals surface area contributed by atoms with Crippen molar-refractivity contribution < 1.29 is 4.79 Å². The molecule has 0 aromatic rings. The van der Waals surface area contributed by atoms with Crippen LogP contribution in [0.4, 0.5) is 0 Å². The number of hydrogen-bond acceptors (Lipinski definition) is 2. The van der Waals surface area contributed by atoms with Crippen LogP contribution in [0, 0.1) is 17.8 Å². The topological polar surface area (TPSA) is 32.3 Å². The molecule has 2 rings (SSSR count). The van der Waals surface area contributed by atoms with E-state index in [1.54, 1.807) is 0 Å². The maximum Gasteiger partial charge on any atom is 0.243 e. The van der Waals surface area contributed by atoms with Gasteiger partial charge in [-0.25, -0.2) is 0 Å². The highest BCUT2D eigenvalue weighted by Crippen LogP contribution is 2.34. The summed E-state index contributed by atoms with van der Waals surface area (Å²) in [4.78, 5) is 15.0. The zero-order valence-electron chi connectivity index (χ0n) is 14.6. The highest BCUT2D eigenvalue weighted by Gasteiger charge is 2.47. The molecule has 21 heavy (non-hydrogen) atoms. The van der Waals surface area contributed by atoms with Crippen LogP contribution in [0.3, 0.4) is 0 Å². The molecule has 1 heterocycles. The van der Waals surface area contributed by atoms with Gasteiger partial charge in [0.15, 0.2) is 0 Å². The Labute approximate surface area is 130 Å². The minimum Gasteiger partial charge on any atom is -0.325 e. The Bertz CT molecular complexity index is 360. The summed E-state index contributed by atoms with van der Waals surface area (Å²) in [6.07, 6.45) is 7.72. The molecule has 0 radical (unpaired) electrons. The van der Waals surface area contributed by atoms with E-state index in [4.69, 9.17) is 0 Å². The zero-order chi connectivity index (χ0) is 15.6. The molecule has 0 aromatic heterocycles. The van der Waals surface area contributed by atoms with Gasteiger partial charge in [0.25, 0.3) is 0 Å². The Kier molecular flexibility index (Phi) is 5.34. The van der Waals surface area contributed by atoms with Crippen LogP contribution in [0.25, 0.3) is 0 Å². The third-order valence-corrected chi connectivity index (χ3v) is 5.87. The minimum atomic E-state index is -0.352. The molecule has 1 aliphatic heterocycles. The van der Waals surface area contributed by atoms with E-state index < -0.39 is 0 Å². The second-order valence-corrected chi connectivity index (χ2v) is 7.77. The fourth-order valence-electron chi connectivity index (χ4n) is 3.99. The van der Waals surface area contributed by atoms with E-state index in [9.17, 15) is 4.79 Å². The molecule has 2 aliphatic rings. The molecule has 2 fully saturated rings. The van der Waals surface area contributed by atoms with Crippen LogP contribution < -0.4 is 5.32 Å². The average Bonchev–Trinajstić information content (AvgIpc) is 2.74. The molecule has 1 saturated heterocycles. The van der Waals surface area contributed by atoms with Crippen molar-refractivity contribution in [3.63, 3.8) is 0 Å². The summed E-state index contributed by atoms with van der Waals surface area (Å²) in [5.41, 5.74) is -0.352. The third kappa shape index (κ3) is 3.44. The van der Waals surface area contributed by atoms with Crippen molar-refractivity contribution in [1.29, 1.82) is 0 Å². The monoisotopic (exact) mass is 294 g/mol. The van der Waals surface area contributed by atoms with Crippen LogP contribution in [0.5, 0.6) is 0 Å². The number of nitrogens with zero attached hydrogens (tertiary/aromatic N) is 1. The molecule has 0 bridgehead atoms. The molecule has 1 saturated carbocycles. The summed E-state index contributed by atoms with van der Waals surface area (Å²) in [5.74, 6) is 2.42.